The maximum absolute atomic E-state index is 12.9. The van der Waals surface area contributed by atoms with Crippen LogP contribution in [0.25, 0.3) is 0 Å². The number of benzene rings is 2. The monoisotopic (exact) mass is 336 g/mol. The lowest BCUT2D eigenvalue weighted by atomic mass is 10.2. The van der Waals surface area contributed by atoms with Gasteiger partial charge in [0.25, 0.3) is 5.91 Å². The van der Waals surface area contributed by atoms with Crippen LogP contribution in [0.2, 0.25) is 0 Å². The largest absolute Gasteiger partial charge is 0.324 e. The van der Waals surface area contributed by atoms with Crippen LogP contribution in [0.15, 0.2) is 54.6 Å². The van der Waals surface area contributed by atoms with E-state index >= 15 is 0 Å². The van der Waals surface area contributed by atoms with Gasteiger partial charge in [0.1, 0.15) is 11.5 Å². The Bertz CT molecular complexity index is 910. The van der Waals surface area contributed by atoms with Crippen LogP contribution >= 0.6 is 0 Å². The highest BCUT2D eigenvalue weighted by Crippen LogP contribution is 2.16. The van der Waals surface area contributed by atoms with E-state index in [1.807, 2.05) is 31.2 Å². The number of anilines is 3. The van der Waals surface area contributed by atoms with Crippen LogP contribution in [0.3, 0.4) is 0 Å². The summed E-state index contributed by atoms with van der Waals surface area (Å²) in [7, 11) is 0. The first kappa shape index (κ1) is 16.6. The van der Waals surface area contributed by atoms with Crippen molar-refractivity contribution in [2.45, 2.75) is 13.8 Å². The van der Waals surface area contributed by atoms with Crippen molar-refractivity contribution in [3.05, 3.63) is 77.4 Å². The van der Waals surface area contributed by atoms with Crippen LogP contribution in [0.4, 0.5) is 21.7 Å². The quantitative estimate of drug-likeness (QED) is 0.748. The smallest absolute Gasteiger partial charge is 0.274 e. The third-order valence-electron chi connectivity index (χ3n) is 3.46. The Morgan fingerprint density at radius 3 is 2.44 bits per heavy atom. The number of halogens is 1. The van der Waals surface area contributed by atoms with E-state index in [1.165, 1.54) is 24.3 Å². The summed E-state index contributed by atoms with van der Waals surface area (Å²) in [6.07, 6.45) is 0. The highest BCUT2D eigenvalue weighted by Gasteiger charge is 2.11. The molecule has 1 aromatic heterocycles. The predicted octanol–water partition coefficient (Wildman–Crippen LogP) is 4.23. The van der Waals surface area contributed by atoms with E-state index in [4.69, 9.17) is 0 Å². The minimum atomic E-state index is -0.385. The van der Waals surface area contributed by atoms with Gasteiger partial charge >= 0.3 is 0 Å². The summed E-state index contributed by atoms with van der Waals surface area (Å²) in [5, 5.41) is 5.79. The molecule has 0 saturated carbocycles. The Morgan fingerprint density at radius 1 is 0.960 bits per heavy atom. The molecule has 126 valence electrons. The molecule has 0 unspecified atom stereocenters. The molecule has 1 amide bonds. The number of hydrogen-bond acceptors (Lipinski definition) is 4. The summed E-state index contributed by atoms with van der Waals surface area (Å²) in [5.74, 6) is -0.403. The van der Waals surface area contributed by atoms with E-state index in [9.17, 15) is 9.18 Å². The second-order valence-electron chi connectivity index (χ2n) is 5.67. The molecule has 0 atom stereocenters. The second kappa shape index (κ2) is 7.09. The second-order valence-corrected chi connectivity index (χ2v) is 5.67. The van der Waals surface area contributed by atoms with Crippen LogP contribution in [-0.2, 0) is 0 Å². The normalized spacial score (nSPS) is 10.4. The van der Waals surface area contributed by atoms with Gasteiger partial charge < -0.3 is 10.6 Å². The standard InChI is InChI=1S/C19H17FN4O/c1-12-4-3-5-16(10-12)23-19-21-13(2)11-17(24-19)18(25)22-15-8-6-14(20)7-9-15/h3-11H,1-2H3,(H,22,25)(H,21,23,24). The lowest BCUT2D eigenvalue weighted by Gasteiger charge is -2.09. The van der Waals surface area contributed by atoms with E-state index in [-0.39, 0.29) is 17.4 Å². The number of aromatic nitrogens is 2. The maximum atomic E-state index is 12.9. The fourth-order valence-electron chi connectivity index (χ4n) is 2.32. The van der Waals surface area contributed by atoms with Gasteiger partial charge in [-0.2, -0.15) is 0 Å². The Kier molecular flexibility index (Phi) is 4.70. The Hall–Kier alpha value is -3.28. The molecule has 0 bridgehead atoms. The molecule has 3 aromatic rings. The molecule has 6 heteroatoms. The van der Waals surface area contributed by atoms with Crippen molar-refractivity contribution in [2.75, 3.05) is 10.6 Å². The molecular weight excluding hydrogens is 319 g/mol. The fourth-order valence-corrected chi connectivity index (χ4v) is 2.32. The van der Waals surface area contributed by atoms with E-state index in [1.54, 1.807) is 13.0 Å². The Labute approximate surface area is 145 Å². The third-order valence-corrected chi connectivity index (χ3v) is 3.46. The zero-order valence-corrected chi connectivity index (χ0v) is 13.9. The van der Waals surface area contributed by atoms with Crippen LogP contribution in [-0.4, -0.2) is 15.9 Å². The SMILES string of the molecule is Cc1cccc(Nc2nc(C)cc(C(=O)Nc3ccc(F)cc3)n2)c1. The summed E-state index contributed by atoms with van der Waals surface area (Å²) in [5.41, 5.74) is 3.33. The Morgan fingerprint density at radius 2 is 1.72 bits per heavy atom. The molecule has 3 rings (SSSR count). The molecule has 1 heterocycles. The number of rotatable bonds is 4. The van der Waals surface area contributed by atoms with Gasteiger partial charge in [-0.3, -0.25) is 4.79 Å². The van der Waals surface area contributed by atoms with Crippen LogP contribution in [0, 0.1) is 19.7 Å². The van der Waals surface area contributed by atoms with Gasteiger partial charge in [-0.1, -0.05) is 12.1 Å². The molecule has 5 nitrogen and oxygen atoms in total. The molecule has 0 aliphatic carbocycles. The minimum absolute atomic E-state index is 0.229. The van der Waals surface area contributed by atoms with Gasteiger partial charge in [-0.15, -0.1) is 0 Å². The van der Waals surface area contributed by atoms with Gasteiger partial charge in [-0.25, -0.2) is 14.4 Å². The van der Waals surface area contributed by atoms with Crippen LogP contribution in [0.1, 0.15) is 21.7 Å². The molecular formula is C19H17FN4O. The van der Waals surface area contributed by atoms with E-state index < -0.39 is 0 Å². The molecule has 0 saturated heterocycles. The maximum Gasteiger partial charge on any atom is 0.274 e. The van der Waals surface area contributed by atoms with Gasteiger partial charge in [0.2, 0.25) is 5.95 Å². The van der Waals surface area contributed by atoms with Crippen LogP contribution < -0.4 is 10.6 Å². The highest BCUT2D eigenvalue weighted by atomic mass is 19.1. The lowest BCUT2D eigenvalue weighted by molar-refractivity contribution is 0.102. The average molecular weight is 336 g/mol. The van der Waals surface area contributed by atoms with Gasteiger partial charge in [0.05, 0.1) is 0 Å². The number of nitrogens with zero attached hydrogens (tertiary/aromatic N) is 2. The zero-order chi connectivity index (χ0) is 17.8. The van der Waals surface area contributed by atoms with Crippen molar-refractivity contribution in [3.63, 3.8) is 0 Å². The van der Waals surface area contributed by atoms with Gasteiger partial charge in [0, 0.05) is 17.1 Å². The first-order chi connectivity index (χ1) is 12.0. The summed E-state index contributed by atoms with van der Waals surface area (Å²) >= 11 is 0. The summed E-state index contributed by atoms with van der Waals surface area (Å²) in [4.78, 5) is 21.0. The molecule has 0 fully saturated rings. The first-order valence-electron chi connectivity index (χ1n) is 7.76. The van der Waals surface area contributed by atoms with Gasteiger partial charge in [-0.05, 0) is 61.9 Å². The molecule has 25 heavy (non-hydrogen) atoms. The van der Waals surface area contributed by atoms with E-state index in [2.05, 4.69) is 20.6 Å². The van der Waals surface area contributed by atoms with Crippen molar-refractivity contribution < 1.29 is 9.18 Å². The molecule has 0 spiro atoms. The number of carbonyl (C=O) groups is 1. The molecule has 2 N–H and O–H groups in total. The third kappa shape index (κ3) is 4.38. The predicted molar refractivity (Wildman–Crippen MR) is 95.6 cm³/mol. The van der Waals surface area contributed by atoms with E-state index in [0.29, 0.717) is 17.3 Å². The van der Waals surface area contributed by atoms with Crippen molar-refractivity contribution in [2.24, 2.45) is 0 Å². The van der Waals surface area contributed by atoms with E-state index in [0.717, 1.165) is 11.3 Å². The van der Waals surface area contributed by atoms with Crippen molar-refractivity contribution in [3.8, 4) is 0 Å². The average Bonchev–Trinajstić information content (AvgIpc) is 2.56. The number of nitrogens with one attached hydrogen (secondary N) is 2. The van der Waals surface area contributed by atoms with Gasteiger partial charge in [0.15, 0.2) is 0 Å². The van der Waals surface area contributed by atoms with Crippen molar-refractivity contribution in [1.82, 2.24) is 9.97 Å². The number of carbonyl (C=O) groups excluding carboxylic acids is 1. The molecule has 0 aliphatic rings. The zero-order valence-electron chi connectivity index (χ0n) is 13.9. The molecule has 0 aliphatic heterocycles. The lowest BCUT2D eigenvalue weighted by Crippen LogP contribution is -2.15. The number of hydrogen-bond donors (Lipinski definition) is 2. The topological polar surface area (TPSA) is 66.9 Å². The summed E-state index contributed by atoms with van der Waals surface area (Å²) in [6.45, 7) is 3.78. The number of aryl methyl sites for hydroxylation is 2. The van der Waals surface area contributed by atoms with Crippen LogP contribution in [0.5, 0.6) is 0 Å². The highest BCUT2D eigenvalue weighted by molar-refractivity contribution is 6.03. The first-order valence-corrected chi connectivity index (χ1v) is 7.76. The van der Waals surface area contributed by atoms with Crippen molar-refractivity contribution in [1.29, 1.82) is 0 Å². The minimum Gasteiger partial charge on any atom is -0.324 e. The fraction of sp³-hybridized carbons (Fsp3) is 0.105. The summed E-state index contributed by atoms with van der Waals surface area (Å²) in [6, 6.07) is 14.9. The van der Waals surface area contributed by atoms with Crippen molar-refractivity contribution >= 4 is 23.2 Å². The number of amides is 1. The molecule has 2 aromatic carbocycles. The Balaban J connectivity index is 1.80. The summed E-state index contributed by atoms with van der Waals surface area (Å²) < 4.78 is 12.9. The molecule has 0 radical (unpaired) electrons.